The van der Waals surface area contributed by atoms with E-state index < -0.39 is 0 Å². The number of hydrazine groups is 1. The summed E-state index contributed by atoms with van der Waals surface area (Å²) in [4.78, 5) is 25.2. The van der Waals surface area contributed by atoms with Crippen molar-refractivity contribution >= 4 is 11.8 Å². The lowest BCUT2D eigenvalue weighted by Gasteiger charge is -2.38. The minimum Gasteiger partial charge on any atom is -0.358 e. The van der Waals surface area contributed by atoms with Gasteiger partial charge < -0.3 is 5.32 Å². The molecule has 0 bridgehead atoms. The smallest absolute Gasteiger partial charge is 0.237 e. The average molecular weight is 256 g/mol. The van der Waals surface area contributed by atoms with Crippen molar-refractivity contribution in [3.63, 3.8) is 0 Å². The van der Waals surface area contributed by atoms with Gasteiger partial charge in [-0.1, -0.05) is 6.42 Å². The summed E-state index contributed by atoms with van der Waals surface area (Å²) in [5, 5.41) is 2.72. The monoisotopic (exact) mass is 256 g/mol. The van der Waals surface area contributed by atoms with Gasteiger partial charge in [0.2, 0.25) is 11.8 Å². The second-order valence-electron chi connectivity index (χ2n) is 4.82. The second-order valence-corrected chi connectivity index (χ2v) is 4.82. The predicted molar refractivity (Wildman–Crippen MR) is 69.4 cm³/mol. The van der Waals surface area contributed by atoms with Crippen LogP contribution in [0.4, 0.5) is 0 Å². The van der Waals surface area contributed by atoms with Gasteiger partial charge in [0, 0.05) is 19.5 Å². The summed E-state index contributed by atoms with van der Waals surface area (Å²) < 4.78 is 0. The molecular formula is C12H24N4O2. The normalized spacial score (nSPS) is 22.3. The van der Waals surface area contributed by atoms with Crippen LogP contribution in [0.2, 0.25) is 0 Å². The van der Waals surface area contributed by atoms with Crippen molar-refractivity contribution in [1.82, 2.24) is 15.6 Å². The van der Waals surface area contributed by atoms with Gasteiger partial charge in [-0.05, 0) is 32.7 Å². The molecule has 4 N–H and O–H groups in total. The van der Waals surface area contributed by atoms with E-state index in [0.29, 0.717) is 6.42 Å². The largest absolute Gasteiger partial charge is 0.358 e. The number of amides is 2. The van der Waals surface area contributed by atoms with Gasteiger partial charge in [-0.15, -0.1) is 0 Å². The Balaban J connectivity index is 2.54. The summed E-state index contributed by atoms with van der Waals surface area (Å²) in [5.74, 6) is 4.97. The molecule has 2 amide bonds. The number of likely N-dealkylation sites (N-methyl/N-ethyl adjacent to an activating group) is 1. The third-order valence-corrected chi connectivity index (χ3v) is 3.61. The van der Waals surface area contributed by atoms with Crippen LogP contribution in [-0.2, 0) is 9.59 Å². The van der Waals surface area contributed by atoms with Crippen molar-refractivity contribution in [2.45, 2.75) is 51.1 Å². The molecule has 2 unspecified atom stereocenters. The fourth-order valence-corrected chi connectivity index (χ4v) is 2.51. The van der Waals surface area contributed by atoms with E-state index in [9.17, 15) is 9.59 Å². The Labute approximate surface area is 108 Å². The maximum Gasteiger partial charge on any atom is 0.237 e. The van der Waals surface area contributed by atoms with Crippen LogP contribution in [0.5, 0.6) is 0 Å². The molecule has 0 spiro atoms. The summed E-state index contributed by atoms with van der Waals surface area (Å²) in [6.45, 7) is 2.98. The second kappa shape index (κ2) is 7.33. The highest BCUT2D eigenvalue weighted by molar-refractivity contribution is 5.81. The lowest BCUT2D eigenvalue weighted by molar-refractivity contribution is -0.128. The van der Waals surface area contributed by atoms with Crippen LogP contribution >= 0.6 is 0 Å². The maximum atomic E-state index is 11.8. The zero-order valence-corrected chi connectivity index (χ0v) is 11.2. The molecule has 6 heteroatoms. The third kappa shape index (κ3) is 3.96. The van der Waals surface area contributed by atoms with Crippen LogP contribution in [0.1, 0.15) is 39.0 Å². The molecule has 1 rings (SSSR count). The van der Waals surface area contributed by atoms with Gasteiger partial charge in [-0.3, -0.25) is 19.9 Å². The summed E-state index contributed by atoms with van der Waals surface area (Å²) in [5.41, 5.74) is 2.13. The Morgan fingerprint density at radius 3 is 2.78 bits per heavy atom. The minimum atomic E-state index is -0.157. The van der Waals surface area contributed by atoms with Crippen molar-refractivity contribution in [2.75, 3.05) is 13.6 Å². The van der Waals surface area contributed by atoms with Gasteiger partial charge in [0.1, 0.15) is 0 Å². The van der Waals surface area contributed by atoms with Gasteiger partial charge in [0.25, 0.3) is 0 Å². The molecule has 0 aromatic carbocycles. The number of rotatable bonds is 5. The van der Waals surface area contributed by atoms with E-state index in [4.69, 9.17) is 5.84 Å². The van der Waals surface area contributed by atoms with Gasteiger partial charge >= 0.3 is 0 Å². The molecule has 0 aromatic heterocycles. The molecule has 2 atom stereocenters. The lowest BCUT2D eigenvalue weighted by atomic mass is 9.98. The van der Waals surface area contributed by atoms with E-state index in [1.165, 1.54) is 0 Å². The van der Waals surface area contributed by atoms with Crippen LogP contribution in [0.15, 0.2) is 0 Å². The van der Waals surface area contributed by atoms with E-state index in [1.807, 2.05) is 0 Å². The number of likely N-dealkylation sites (tertiary alicyclic amines) is 1. The molecule has 0 aromatic rings. The van der Waals surface area contributed by atoms with Crippen LogP contribution in [0.25, 0.3) is 0 Å². The molecular weight excluding hydrogens is 232 g/mol. The standard InChI is InChI=1S/C12H24N4O2/c1-9(6-7-11(17)15-13)16-8-4-3-5-10(16)12(18)14-2/h9-10H,3-8,13H2,1-2H3,(H,14,18)(H,15,17). The number of nitrogens with zero attached hydrogens (tertiary/aromatic N) is 1. The maximum absolute atomic E-state index is 11.8. The van der Waals surface area contributed by atoms with Crippen LogP contribution in [0, 0.1) is 0 Å². The summed E-state index contributed by atoms with van der Waals surface area (Å²) >= 11 is 0. The molecule has 1 aliphatic rings. The van der Waals surface area contributed by atoms with E-state index in [0.717, 1.165) is 32.2 Å². The number of hydrogen-bond donors (Lipinski definition) is 3. The lowest BCUT2D eigenvalue weighted by Crippen LogP contribution is -2.52. The molecule has 1 saturated heterocycles. The van der Waals surface area contributed by atoms with Crippen LogP contribution in [-0.4, -0.2) is 42.4 Å². The summed E-state index contributed by atoms with van der Waals surface area (Å²) in [6, 6.07) is 0.157. The average Bonchev–Trinajstić information content (AvgIpc) is 2.43. The highest BCUT2D eigenvalue weighted by atomic mass is 16.2. The Kier molecular flexibility index (Phi) is 6.07. The Morgan fingerprint density at radius 1 is 1.44 bits per heavy atom. The first-order chi connectivity index (χ1) is 8.60. The number of nitrogens with one attached hydrogen (secondary N) is 2. The molecule has 18 heavy (non-hydrogen) atoms. The molecule has 1 heterocycles. The Bertz CT molecular complexity index is 296. The molecule has 104 valence electrons. The molecule has 1 aliphatic heterocycles. The van der Waals surface area contributed by atoms with Crippen molar-refractivity contribution in [3.8, 4) is 0 Å². The minimum absolute atomic E-state index is 0.0558. The number of hydrogen-bond acceptors (Lipinski definition) is 4. The molecule has 0 aliphatic carbocycles. The van der Waals surface area contributed by atoms with Crippen molar-refractivity contribution < 1.29 is 9.59 Å². The molecule has 0 radical (unpaired) electrons. The summed E-state index contributed by atoms with van der Waals surface area (Å²) in [6.07, 6.45) is 4.21. The van der Waals surface area contributed by atoms with Gasteiger partial charge in [-0.2, -0.15) is 0 Å². The Hall–Kier alpha value is -1.14. The number of carbonyl (C=O) groups excluding carboxylic acids is 2. The van der Waals surface area contributed by atoms with Crippen molar-refractivity contribution in [3.05, 3.63) is 0 Å². The topological polar surface area (TPSA) is 87.5 Å². The van der Waals surface area contributed by atoms with Crippen LogP contribution < -0.4 is 16.6 Å². The molecule has 0 saturated carbocycles. The predicted octanol–water partition coefficient (Wildman–Crippen LogP) is -0.254. The molecule has 6 nitrogen and oxygen atoms in total. The Morgan fingerprint density at radius 2 is 2.17 bits per heavy atom. The zero-order valence-electron chi connectivity index (χ0n) is 11.2. The molecule has 1 fully saturated rings. The van der Waals surface area contributed by atoms with E-state index >= 15 is 0 Å². The van der Waals surface area contributed by atoms with E-state index in [-0.39, 0.29) is 23.9 Å². The third-order valence-electron chi connectivity index (χ3n) is 3.61. The van der Waals surface area contributed by atoms with Gasteiger partial charge in [0.05, 0.1) is 6.04 Å². The number of nitrogens with two attached hydrogens (primary N) is 1. The zero-order chi connectivity index (χ0) is 13.5. The number of carbonyl (C=O) groups is 2. The van der Waals surface area contributed by atoms with Crippen molar-refractivity contribution in [2.24, 2.45) is 5.84 Å². The fraction of sp³-hybridized carbons (Fsp3) is 0.833. The van der Waals surface area contributed by atoms with Crippen LogP contribution in [0.3, 0.4) is 0 Å². The van der Waals surface area contributed by atoms with Gasteiger partial charge in [0.15, 0.2) is 0 Å². The van der Waals surface area contributed by atoms with Gasteiger partial charge in [-0.25, -0.2) is 5.84 Å². The fourth-order valence-electron chi connectivity index (χ4n) is 2.51. The first kappa shape index (κ1) is 14.9. The number of piperidine rings is 1. The van der Waals surface area contributed by atoms with E-state index in [1.54, 1.807) is 7.05 Å². The first-order valence-corrected chi connectivity index (χ1v) is 6.57. The van der Waals surface area contributed by atoms with E-state index in [2.05, 4.69) is 22.6 Å². The summed E-state index contributed by atoms with van der Waals surface area (Å²) in [7, 11) is 1.67. The quantitative estimate of drug-likeness (QED) is 0.359. The highest BCUT2D eigenvalue weighted by Crippen LogP contribution is 2.21. The SMILES string of the molecule is CNC(=O)C1CCCCN1C(C)CCC(=O)NN. The highest BCUT2D eigenvalue weighted by Gasteiger charge is 2.31. The first-order valence-electron chi connectivity index (χ1n) is 6.57. The van der Waals surface area contributed by atoms with Crippen molar-refractivity contribution in [1.29, 1.82) is 0 Å².